The average Bonchev–Trinajstić information content (AvgIpc) is 2.23. The minimum Gasteiger partial charge on any atom is -0.394 e. The van der Waals surface area contributed by atoms with Gasteiger partial charge in [0.05, 0.1) is 18.8 Å². The first-order chi connectivity index (χ1) is 6.45. The van der Waals surface area contributed by atoms with E-state index in [0.29, 0.717) is 6.42 Å². The molecule has 0 saturated heterocycles. The van der Waals surface area contributed by atoms with E-state index in [-0.39, 0.29) is 0 Å². The summed E-state index contributed by atoms with van der Waals surface area (Å²) < 4.78 is 0. The second-order valence-electron chi connectivity index (χ2n) is 3.28. The molecule has 0 radical (unpaired) electrons. The second-order valence-corrected chi connectivity index (χ2v) is 3.28. The molecule has 0 heterocycles. The zero-order valence-corrected chi connectivity index (χ0v) is 8.11. The summed E-state index contributed by atoms with van der Waals surface area (Å²) in [6, 6.07) is -1.05. The summed E-state index contributed by atoms with van der Waals surface area (Å²) in [6.45, 7) is 0.999. The summed E-state index contributed by atoms with van der Waals surface area (Å²) >= 11 is 0. The number of nitrogens with two attached hydrogens (primary N) is 1. The van der Waals surface area contributed by atoms with Gasteiger partial charge in [0.2, 0.25) is 0 Å². The maximum atomic E-state index is 9.38. The standard InChI is InChI=1S/C8H19NO5/c1-2-4(11)6(9)8(14)7(13)5(12)3-10/h4-8,10-14H,2-3,9H2,1H3/t4?,5-,6?,7?,8?/m1/s1. The van der Waals surface area contributed by atoms with Gasteiger partial charge >= 0.3 is 0 Å². The third kappa shape index (κ3) is 3.49. The summed E-state index contributed by atoms with van der Waals surface area (Å²) in [7, 11) is 0. The van der Waals surface area contributed by atoms with E-state index in [9.17, 15) is 15.3 Å². The number of aliphatic hydroxyl groups excluding tert-OH is 5. The van der Waals surface area contributed by atoms with Gasteiger partial charge in [-0.3, -0.25) is 0 Å². The van der Waals surface area contributed by atoms with Gasteiger partial charge in [-0.25, -0.2) is 0 Å². The fourth-order valence-electron chi connectivity index (χ4n) is 1.06. The molecule has 86 valence electrons. The largest absolute Gasteiger partial charge is 0.394 e. The Morgan fingerprint density at radius 2 is 1.50 bits per heavy atom. The number of hydrogen-bond acceptors (Lipinski definition) is 6. The summed E-state index contributed by atoms with van der Waals surface area (Å²) in [5.74, 6) is 0. The van der Waals surface area contributed by atoms with Crippen molar-refractivity contribution >= 4 is 0 Å². The Balaban J connectivity index is 4.22. The van der Waals surface area contributed by atoms with Crippen LogP contribution in [-0.4, -0.2) is 62.6 Å². The molecule has 0 aliphatic rings. The Morgan fingerprint density at radius 3 is 1.86 bits per heavy atom. The average molecular weight is 209 g/mol. The Hall–Kier alpha value is -0.240. The highest BCUT2D eigenvalue weighted by molar-refractivity contribution is 4.86. The molecule has 0 bridgehead atoms. The van der Waals surface area contributed by atoms with E-state index in [1.807, 2.05) is 0 Å². The summed E-state index contributed by atoms with van der Waals surface area (Å²) in [5.41, 5.74) is 5.41. The molecule has 0 saturated carbocycles. The van der Waals surface area contributed by atoms with E-state index in [4.69, 9.17) is 15.9 Å². The molecule has 7 N–H and O–H groups in total. The molecule has 0 fully saturated rings. The SMILES string of the molecule is CCC(O)C(N)C(O)C(O)[C@H](O)CO. The topological polar surface area (TPSA) is 127 Å². The highest BCUT2D eigenvalue weighted by Gasteiger charge is 2.32. The second kappa shape index (κ2) is 6.28. The van der Waals surface area contributed by atoms with Crippen molar-refractivity contribution in [3.05, 3.63) is 0 Å². The van der Waals surface area contributed by atoms with Crippen LogP contribution in [0.4, 0.5) is 0 Å². The lowest BCUT2D eigenvalue weighted by Gasteiger charge is -2.28. The first-order valence-electron chi connectivity index (χ1n) is 4.54. The van der Waals surface area contributed by atoms with Crippen LogP contribution in [0.2, 0.25) is 0 Å². The maximum Gasteiger partial charge on any atom is 0.110 e. The predicted molar refractivity (Wildman–Crippen MR) is 49.4 cm³/mol. The molecule has 6 heteroatoms. The van der Waals surface area contributed by atoms with Crippen molar-refractivity contribution in [2.75, 3.05) is 6.61 Å². The van der Waals surface area contributed by atoms with Crippen molar-refractivity contribution < 1.29 is 25.5 Å². The van der Waals surface area contributed by atoms with Crippen LogP contribution in [0.15, 0.2) is 0 Å². The van der Waals surface area contributed by atoms with Crippen molar-refractivity contribution in [2.45, 2.75) is 43.8 Å². The van der Waals surface area contributed by atoms with Gasteiger partial charge in [0, 0.05) is 0 Å². The van der Waals surface area contributed by atoms with Crippen molar-refractivity contribution in [2.24, 2.45) is 5.73 Å². The number of hydrogen-bond donors (Lipinski definition) is 6. The van der Waals surface area contributed by atoms with Gasteiger partial charge in [-0.1, -0.05) is 6.92 Å². The lowest BCUT2D eigenvalue weighted by atomic mass is 9.96. The van der Waals surface area contributed by atoms with Crippen LogP contribution >= 0.6 is 0 Å². The molecule has 6 nitrogen and oxygen atoms in total. The molecule has 0 aromatic rings. The van der Waals surface area contributed by atoms with Gasteiger partial charge in [-0.05, 0) is 6.42 Å². The van der Waals surface area contributed by atoms with Crippen molar-refractivity contribution in [3.63, 3.8) is 0 Å². The Bertz CT molecular complexity index is 141. The minimum absolute atomic E-state index is 0.333. The maximum absolute atomic E-state index is 9.38. The molecule has 0 aromatic heterocycles. The zero-order valence-electron chi connectivity index (χ0n) is 8.11. The van der Waals surface area contributed by atoms with Crippen LogP contribution in [0.5, 0.6) is 0 Å². The fourth-order valence-corrected chi connectivity index (χ4v) is 1.06. The van der Waals surface area contributed by atoms with Crippen LogP contribution in [0, 0.1) is 0 Å². The van der Waals surface area contributed by atoms with Gasteiger partial charge in [0.15, 0.2) is 0 Å². The van der Waals surface area contributed by atoms with Crippen LogP contribution in [0.3, 0.4) is 0 Å². The smallest absolute Gasteiger partial charge is 0.110 e. The summed E-state index contributed by atoms with van der Waals surface area (Å²) in [5, 5.41) is 45.4. The molecule has 0 spiro atoms. The zero-order chi connectivity index (χ0) is 11.3. The molecule has 0 amide bonds. The fraction of sp³-hybridized carbons (Fsp3) is 1.00. The Labute approximate surface area is 82.6 Å². The molecule has 0 rings (SSSR count). The van der Waals surface area contributed by atoms with Gasteiger partial charge in [-0.15, -0.1) is 0 Å². The monoisotopic (exact) mass is 209 g/mol. The number of rotatable bonds is 6. The molecular formula is C8H19NO5. The lowest BCUT2D eigenvalue weighted by Crippen LogP contribution is -2.54. The van der Waals surface area contributed by atoms with Gasteiger partial charge in [0.1, 0.15) is 18.3 Å². The van der Waals surface area contributed by atoms with Gasteiger partial charge < -0.3 is 31.3 Å². The van der Waals surface area contributed by atoms with Gasteiger partial charge in [-0.2, -0.15) is 0 Å². The Morgan fingerprint density at radius 1 is 1.00 bits per heavy atom. The van der Waals surface area contributed by atoms with Crippen LogP contribution in [-0.2, 0) is 0 Å². The molecule has 14 heavy (non-hydrogen) atoms. The first kappa shape index (κ1) is 13.8. The first-order valence-corrected chi connectivity index (χ1v) is 4.54. The predicted octanol–water partition coefficient (Wildman–Crippen LogP) is -2.84. The lowest BCUT2D eigenvalue weighted by molar-refractivity contribution is -0.0954. The highest BCUT2D eigenvalue weighted by Crippen LogP contribution is 2.08. The van der Waals surface area contributed by atoms with Crippen LogP contribution in [0.1, 0.15) is 13.3 Å². The van der Waals surface area contributed by atoms with E-state index < -0.39 is 37.1 Å². The molecule has 0 aromatic carbocycles. The van der Waals surface area contributed by atoms with Crippen molar-refractivity contribution in [1.82, 2.24) is 0 Å². The van der Waals surface area contributed by atoms with E-state index in [1.54, 1.807) is 6.92 Å². The molecular weight excluding hydrogens is 190 g/mol. The van der Waals surface area contributed by atoms with E-state index in [0.717, 1.165) is 0 Å². The highest BCUT2D eigenvalue weighted by atomic mass is 16.4. The Kier molecular flexibility index (Phi) is 6.17. The van der Waals surface area contributed by atoms with Crippen molar-refractivity contribution in [3.8, 4) is 0 Å². The van der Waals surface area contributed by atoms with Gasteiger partial charge in [0.25, 0.3) is 0 Å². The minimum atomic E-state index is -1.56. The van der Waals surface area contributed by atoms with E-state index >= 15 is 0 Å². The molecule has 0 aliphatic carbocycles. The summed E-state index contributed by atoms with van der Waals surface area (Å²) in [6.07, 6.45) is -5.10. The van der Waals surface area contributed by atoms with Crippen molar-refractivity contribution in [1.29, 1.82) is 0 Å². The molecule has 4 unspecified atom stereocenters. The third-order valence-electron chi connectivity index (χ3n) is 2.19. The molecule has 0 aliphatic heterocycles. The quantitative estimate of drug-likeness (QED) is 0.280. The van der Waals surface area contributed by atoms with E-state index in [2.05, 4.69) is 0 Å². The van der Waals surface area contributed by atoms with E-state index in [1.165, 1.54) is 0 Å². The van der Waals surface area contributed by atoms with Crippen LogP contribution < -0.4 is 5.73 Å². The third-order valence-corrected chi connectivity index (χ3v) is 2.19. The number of aliphatic hydroxyl groups is 5. The molecule has 5 atom stereocenters. The van der Waals surface area contributed by atoms with Crippen LogP contribution in [0.25, 0.3) is 0 Å². The normalized spacial score (nSPS) is 22.5. The summed E-state index contributed by atoms with van der Waals surface area (Å²) in [4.78, 5) is 0.